The molecule has 8 heteroatoms. The molecule has 0 aliphatic carbocycles. The zero-order chi connectivity index (χ0) is 23.0. The smallest absolute Gasteiger partial charge is 0.325 e. The van der Waals surface area contributed by atoms with Gasteiger partial charge in [0.1, 0.15) is 5.54 Å². The van der Waals surface area contributed by atoms with E-state index in [4.69, 9.17) is 21.1 Å². The molecule has 0 unspecified atom stereocenters. The van der Waals surface area contributed by atoms with Crippen molar-refractivity contribution < 1.29 is 19.1 Å². The fraction of sp³-hybridized carbons (Fsp3) is 0.440. The minimum atomic E-state index is -0.838. The van der Waals surface area contributed by atoms with E-state index in [0.717, 1.165) is 43.1 Å². The molecule has 2 fully saturated rings. The lowest BCUT2D eigenvalue weighted by molar-refractivity contribution is -0.134. The Morgan fingerprint density at radius 3 is 2.55 bits per heavy atom. The van der Waals surface area contributed by atoms with Crippen LogP contribution < -0.4 is 14.8 Å². The Morgan fingerprint density at radius 2 is 1.79 bits per heavy atom. The molecule has 3 amide bonds. The van der Waals surface area contributed by atoms with Gasteiger partial charge in [-0.25, -0.2) is 4.79 Å². The number of likely N-dealkylation sites (tertiary alicyclic amines) is 1. The Hall–Kier alpha value is -2.77. The monoisotopic (exact) mass is 469 g/mol. The Kier molecular flexibility index (Phi) is 5.93. The largest absolute Gasteiger partial charge is 0.454 e. The van der Waals surface area contributed by atoms with Crippen molar-refractivity contribution in [1.29, 1.82) is 0 Å². The number of imide groups is 1. The predicted octanol–water partition coefficient (Wildman–Crippen LogP) is 4.18. The number of amides is 3. The van der Waals surface area contributed by atoms with Crippen LogP contribution in [-0.2, 0) is 17.9 Å². The number of nitrogens with zero attached hydrogens (tertiary/aromatic N) is 2. The van der Waals surface area contributed by atoms with E-state index in [2.05, 4.69) is 16.3 Å². The number of rotatable bonds is 6. The first kappa shape index (κ1) is 22.0. The van der Waals surface area contributed by atoms with Crippen LogP contribution in [0.2, 0.25) is 5.02 Å². The van der Waals surface area contributed by atoms with Gasteiger partial charge >= 0.3 is 6.03 Å². The van der Waals surface area contributed by atoms with Crippen LogP contribution in [0.5, 0.6) is 11.5 Å². The van der Waals surface area contributed by atoms with Crippen molar-refractivity contribution in [2.45, 2.75) is 44.8 Å². The van der Waals surface area contributed by atoms with E-state index in [1.807, 2.05) is 43.3 Å². The quantitative estimate of drug-likeness (QED) is 0.642. The van der Waals surface area contributed by atoms with E-state index in [1.54, 1.807) is 0 Å². The highest BCUT2D eigenvalue weighted by Gasteiger charge is 2.54. The fourth-order valence-corrected chi connectivity index (χ4v) is 5.51. The minimum Gasteiger partial charge on any atom is -0.454 e. The van der Waals surface area contributed by atoms with E-state index in [9.17, 15) is 9.59 Å². The third-order valence-corrected chi connectivity index (χ3v) is 7.35. The molecule has 0 saturated carbocycles. The van der Waals surface area contributed by atoms with Crippen molar-refractivity contribution in [3.63, 3.8) is 0 Å². The molecule has 0 radical (unpaired) electrons. The van der Waals surface area contributed by atoms with E-state index >= 15 is 0 Å². The average molecular weight is 470 g/mol. The van der Waals surface area contributed by atoms with E-state index in [1.165, 1.54) is 10.5 Å². The number of carbonyl (C=O) groups excluding carboxylic acids is 2. The van der Waals surface area contributed by atoms with Gasteiger partial charge in [0, 0.05) is 11.6 Å². The van der Waals surface area contributed by atoms with Crippen LogP contribution in [0.4, 0.5) is 4.79 Å². The number of hydrogen-bond acceptors (Lipinski definition) is 5. The fourth-order valence-electron chi connectivity index (χ4n) is 5.29. The van der Waals surface area contributed by atoms with Crippen LogP contribution in [0.3, 0.4) is 0 Å². The summed E-state index contributed by atoms with van der Waals surface area (Å²) in [7, 11) is 0. The SMILES string of the molecule is CC[C@@]1(C2CCN(Cc3cccc(Cl)c3)CC2)NC(=O)N(Cc2ccc3c(c2)OCO3)C1=O. The Morgan fingerprint density at radius 1 is 1.03 bits per heavy atom. The molecule has 0 aromatic heterocycles. The summed E-state index contributed by atoms with van der Waals surface area (Å²) in [5.41, 5.74) is 1.19. The van der Waals surface area contributed by atoms with Crippen molar-refractivity contribution in [2.24, 2.45) is 5.92 Å². The maximum atomic E-state index is 13.6. The Bertz CT molecular complexity index is 1070. The van der Waals surface area contributed by atoms with E-state index in [-0.39, 0.29) is 31.2 Å². The molecule has 5 rings (SSSR count). The first-order valence-electron chi connectivity index (χ1n) is 11.5. The van der Waals surface area contributed by atoms with Gasteiger partial charge in [-0.3, -0.25) is 14.6 Å². The number of benzene rings is 2. The molecule has 174 valence electrons. The van der Waals surface area contributed by atoms with Crippen molar-refractivity contribution in [2.75, 3.05) is 19.9 Å². The summed E-state index contributed by atoms with van der Waals surface area (Å²) in [6.07, 6.45) is 2.30. The zero-order valence-electron chi connectivity index (χ0n) is 18.7. The van der Waals surface area contributed by atoms with Crippen LogP contribution in [0.1, 0.15) is 37.3 Å². The van der Waals surface area contributed by atoms with Crippen LogP contribution >= 0.6 is 11.6 Å². The van der Waals surface area contributed by atoms with Gasteiger partial charge in [-0.2, -0.15) is 0 Å². The topological polar surface area (TPSA) is 71.1 Å². The highest BCUT2D eigenvalue weighted by Crippen LogP contribution is 2.38. The lowest BCUT2D eigenvalue weighted by Gasteiger charge is -2.40. The molecule has 2 aromatic carbocycles. The molecule has 2 saturated heterocycles. The number of hydrogen-bond donors (Lipinski definition) is 1. The third-order valence-electron chi connectivity index (χ3n) is 7.12. The molecule has 3 heterocycles. The molecule has 33 heavy (non-hydrogen) atoms. The molecule has 7 nitrogen and oxygen atoms in total. The summed E-state index contributed by atoms with van der Waals surface area (Å²) in [5, 5.41) is 3.82. The lowest BCUT2D eigenvalue weighted by Crippen LogP contribution is -2.55. The first-order valence-corrected chi connectivity index (χ1v) is 11.9. The third kappa shape index (κ3) is 4.15. The number of ether oxygens (including phenoxy) is 2. The molecule has 1 atom stereocenters. The zero-order valence-corrected chi connectivity index (χ0v) is 19.4. The second-order valence-electron chi connectivity index (χ2n) is 9.01. The number of halogens is 1. The minimum absolute atomic E-state index is 0.108. The number of fused-ring (bicyclic) bond motifs is 1. The number of piperidine rings is 1. The molecular formula is C25H28ClN3O4. The maximum Gasteiger partial charge on any atom is 0.325 e. The summed E-state index contributed by atoms with van der Waals surface area (Å²) < 4.78 is 10.8. The summed E-state index contributed by atoms with van der Waals surface area (Å²) in [5.74, 6) is 1.31. The summed E-state index contributed by atoms with van der Waals surface area (Å²) in [6, 6.07) is 13.1. The van der Waals surface area contributed by atoms with E-state index in [0.29, 0.717) is 17.9 Å². The van der Waals surface area contributed by atoms with Crippen LogP contribution in [0, 0.1) is 5.92 Å². The first-order chi connectivity index (χ1) is 16.0. The van der Waals surface area contributed by atoms with Gasteiger partial charge in [0.2, 0.25) is 6.79 Å². The standard InChI is InChI=1S/C25H28ClN3O4/c1-2-25(19-8-10-28(11-9-19)14-17-4-3-5-20(26)12-17)23(30)29(24(31)27-25)15-18-6-7-21-22(13-18)33-16-32-21/h3-7,12-13,19H,2,8-11,14-16H2,1H3,(H,27,31)/t25-/m0/s1. The van der Waals surface area contributed by atoms with Gasteiger partial charge in [-0.05, 0) is 73.7 Å². The van der Waals surface area contributed by atoms with Crippen molar-refractivity contribution in [3.05, 3.63) is 58.6 Å². The van der Waals surface area contributed by atoms with Crippen LogP contribution in [0.25, 0.3) is 0 Å². The lowest BCUT2D eigenvalue weighted by atomic mass is 9.75. The van der Waals surface area contributed by atoms with Gasteiger partial charge in [-0.1, -0.05) is 36.7 Å². The molecule has 3 aliphatic rings. The molecule has 1 N–H and O–H groups in total. The highest BCUT2D eigenvalue weighted by atomic mass is 35.5. The summed E-state index contributed by atoms with van der Waals surface area (Å²) >= 11 is 6.12. The predicted molar refractivity (Wildman–Crippen MR) is 124 cm³/mol. The van der Waals surface area contributed by atoms with Crippen LogP contribution in [0.15, 0.2) is 42.5 Å². The molecular weight excluding hydrogens is 442 g/mol. The summed E-state index contributed by atoms with van der Waals surface area (Å²) in [4.78, 5) is 30.2. The molecule has 2 aromatic rings. The van der Waals surface area contributed by atoms with Crippen molar-refractivity contribution in [3.8, 4) is 11.5 Å². The Labute approximate surface area is 198 Å². The Balaban J connectivity index is 1.25. The molecule has 0 bridgehead atoms. The highest BCUT2D eigenvalue weighted by molar-refractivity contribution is 6.30. The van der Waals surface area contributed by atoms with E-state index < -0.39 is 5.54 Å². The summed E-state index contributed by atoms with van der Waals surface area (Å²) in [6.45, 7) is 4.99. The molecule has 0 spiro atoms. The second-order valence-corrected chi connectivity index (χ2v) is 9.45. The maximum absolute atomic E-state index is 13.6. The van der Waals surface area contributed by atoms with Crippen molar-refractivity contribution >= 4 is 23.5 Å². The number of nitrogens with one attached hydrogen (secondary N) is 1. The van der Waals surface area contributed by atoms with Gasteiger partial charge in [0.05, 0.1) is 6.54 Å². The van der Waals surface area contributed by atoms with Gasteiger partial charge in [0.15, 0.2) is 11.5 Å². The van der Waals surface area contributed by atoms with Gasteiger partial charge < -0.3 is 14.8 Å². The number of urea groups is 1. The molecule has 3 aliphatic heterocycles. The van der Waals surface area contributed by atoms with Gasteiger partial charge in [0.25, 0.3) is 5.91 Å². The van der Waals surface area contributed by atoms with Crippen molar-refractivity contribution in [1.82, 2.24) is 15.1 Å². The van der Waals surface area contributed by atoms with Gasteiger partial charge in [-0.15, -0.1) is 0 Å². The van der Waals surface area contributed by atoms with Crippen LogP contribution in [-0.4, -0.2) is 47.2 Å². The normalized spacial score (nSPS) is 23.3. The number of carbonyl (C=O) groups is 2. The average Bonchev–Trinajstić information content (AvgIpc) is 3.38. The second kappa shape index (κ2) is 8.88.